The Morgan fingerprint density at radius 1 is 1.56 bits per heavy atom. The van der Waals surface area contributed by atoms with E-state index in [0.717, 1.165) is 18.5 Å². The molecule has 1 aliphatic heterocycles. The molecule has 0 spiro atoms. The number of hydrogen-bond acceptors (Lipinski definition) is 5. The van der Waals surface area contributed by atoms with Gasteiger partial charge < -0.3 is 4.74 Å². The summed E-state index contributed by atoms with van der Waals surface area (Å²) in [5, 5.41) is 8.48. The summed E-state index contributed by atoms with van der Waals surface area (Å²) in [5.41, 5.74) is 1.63. The average Bonchev–Trinajstić information content (AvgIpc) is 2.28. The van der Waals surface area contributed by atoms with Crippen molar-refractivity contribution in [3.63, 3.8) is 0 Å². The Bertz CT molecular complexity index is 477. The zero-order valence-corrected chi connectivity index (χ0v) is 8.99. The number of ether oxygens (including phenoxy) is 1. The van der Waals surface area contributed by atoms with Gasteiger partial charge in [0, 0.05) is 0 Å². The molecule has 2 rings (SSSR count). The van der Waals surface area contributed by atoms with Crippen LogP contribution in [0.25, 0.3) is 0 Å². The summed E-state index contributed by atoms with van der Waals surface area (Å²) in [4.78, 5) is 20.0. The van der Waals surface area contributed by atoms with Gasteiger partial charge in [-0.25, -0.2) is 4.98 Å². The molecule has 0 N–H and O–H groups in total. The Labute approximate surface area is 93.1 Å². The van der Waals surface area contributed by atoms with Crippen LogP contribution in [0.3, 0.4) is 0 Å². The van der Waals surface area contributed by atoms with E-state index >= 15 is 0 Å². The average molecular weight is 217 g/mol. The smallest absolute Gasteiger partial charge is 0.236 e. The van der Waals surface area contributed by atoms with Gasteiger partial charge in [0.2, 0.25) is 5.88 Å². The SMILES string of the molecule is Cc1nc2c(nc1C(=O)CC#N)OCCC2. The van der Waals surface area contributed by atoms with E-state index in [-0.39, 0.29) is 17.9 Å². The maximum Gasteiger partial charge on any atom is 0.236 e. The molecule has 2 heterocycles. The first-order valence-corrected chi connectivity index (χ1v) is 5.13. The van der Waals surface area contributed by atoms with Gasteiger partial charge in [0.15, 0.2) is 5.78 Å². The lowest BCUT2D eigenvalue weighted by molar-refractivity contribution is 0.0990. The van der Waals surface area contributed by atoms with E-state index in [1.165, 1.54) is 0 Å². The molecule has 0 aromatic carbocycles. The van der Waals surface area contributed by atoms with Crippen molar-refractivity contribution in [2.24, 2.45) is 0 Å². The van der Waals surface area contributed by atoms with Crippen LogP contribution in [0.1, 0.15) is 34.7 Å². The normalized spacial score (nSPS) is 13.5. The summed E-state index contributed by atoms with van der Waals surface area (Å²) < 4.78 is 5.34. The largest absolute Gasteiger partial charge is 0.476 e. The molecular weight excluding hydrogens is 206 g/mol. The fraction of sp³-hybridized carbons (Fsp3) is 0.455. The first kappa shape index (κ1) is 10.6. The molecule has 0 radical (unpaired) electrons. The zero-order valence-electron chi connectivity index (χ0n) is 8.99. The molecule has 0 aliphatic carbocycles. The second-order valence-corrected chi connectivity index (χ2v) is 3.62. The van der Waals surface area contributed by atoms with E-state index in [9.17, 15) is 4.79 Å². The van der Waals surface area contributed by atoms with Crippen molar-refractivity contribution in [1.29, 1.82) is 5.26 Å². The molecule has 0 unspecified atom stereocenters. The third-order valence-electron chi connectivity index (χ3n) is 2.41. The van der Waals surface area contributed by atoms with E-state index in [2.05, 4.69) is 9.97 Å². The van der Waals surface area contributed by atoms with Gasteiger partial charge in [0.1, 0.15) is 17.8 Å². The molecule has 5 nitrogen and oxygen atoms in total. The highest BCUT2D eigenvalue weighted by Crippen LogP contribution is 2.22. The van der Waals surface area contributed by atoms with Crippen LogP contribution >= 0.6 is 0 Å². The Balaban J connectivity index is 2.40. The molecule has 5 heteroatoms. The van der Waals surface area contributed by atoms with Crippen molar-refractivity contribution in [1.82, 2.24) is 9.97 Å². The van der Waals surface area contributed by atoms with E-state index < -0.39 is 0 Å². The van der Waals surface area contributed by atoms with Gasteiger partial charge in [0.05, 0.1) is 18.4 Å². The van der Waals surface area contributed by atoms with Crippen LogP contribution in [0.2, 0.25) is 0 Å². The molecule has 0 bridgehead atoms. The second kappa shape index (κ2) is 4.27. The summed E-state index contributed by atoms with van der Waals surface area (Å²) in [6.45, 7) is 2.34. The molecule has 0 saturated carbocycles. The Morgan fingerprint density at radius 3 is 3.12 bits per heavy atom. The van der Waals surface area contributed by atoms with Crippen molar-refractivity contribution < 1.29 is 9.53 Å². The van der Waals surface area contributed by atoms with Gasteiger partial charge in [0.25, 0.3) is 0 Å². The van der Waals surface area contributed by atoms with E-state index in [1.54, 1.807) is 6.92 Å². The number of Topliss-reactive ketones (excluding diaryl/α,β-unsaturated/α-hetero) is 1. The zero-order chi connectivity index (χ0) is 11.5. The third-order valence-corrected chi connectivity index (χ3v) is 2.41. The van der Waals surface area contributed by atoms with E-state index in [1.807, 2.05) is 6.07 Å². The topological polar surface area (TPSA) is 75.9 Å². The van der Waals surface area contributed by atoms with Gasteiger partial charge in [-0.15, -0.1) is 0 Å². The lowest BCUT2D eigenvalue weighted by Gasteiger charge is -2.16. The first-order chi connectivity index (χ1) is 7.72. The molecule has 0 atom stereocenters. The minimum atomic E-state index is -0.301. The van der Waals surface area contributed by atoms with E-state index in [4.69, 9.17) is 10.00 Å². The van der Waals surface area contributed by atoms with Gasteiger partial charge >= 0.3 is 0 Å². The highest BCUT2D eigenvalue weighted by Gasteiger charge is 2.19. The number of nitriles is 1. The third kappa shape index (κ3) is 1.87. The minimum Gasteiger partial charge on any atom is -0.476 e. The van der Waals surface area contributed by atoms with E-state index in [0.29, 0.717) is 18.2 Å². The lowest BCUT2D eigenvalue weighted by Crippen LogP contribution is -2.16. The molecule has 1 aromatic heterocycles. The van der Waals surface area contributed by atoms with Crippen molar-refractivity contribution in [2.75, 3.05) is 6.61 Å². The number of hydrogen-bond donors (Lipinski definition) is 0. The van der Waals surface area contributed by atoms with Crippen LogP contribution in [0.5, 0.6) is 5.88 Å². The predicted molar refractivity (Wildman–Crippen MR) is 55.1 cm³/mol. The van der Waals surface area contributed by atoms with Crippen LogP contribution in [0.15, 0.2) is 0 Å². The minimum absolute atomic E-state index is 0.172. The second-order valence-electron chi connectivity index (χ2n) is 3.62. The van der Waals surface area contributed by atoms with Crippen molar-refractivity contribution in [3.05, 3.63) is 17.1 Å². The molecule has 0 amide bonds. The fourth-order valence-corrected chi connectivity index (χ4v) is 1.66. The Hall–Kier alpha value is -1.96. The van der Waals surface area contributed by atoms with Crippen molar-refractivity contribution >= 4 is 5.78 Å². The van der Waals surface area contributed by atoms with Crippen molar-refractivity contribution in [2.45, 2.75) is 26.2 Å². The number of ketones is 1. The van der Waals surface area contributed by atoms with Gasteiger partial charge in [-0.3, -0.25) is 9.78 Å². The van der Waals surface area contributed by atoms with Crippen LogP contribution in [-0.2, 0) is 6.42 Å². The molecule has 16 heavy (non-hydrogen) atoms. The Kier molecular flexibility index (Phi) is 2.82. The van der Waals surface area contributed by atoms with Gasteiger partial charge in [-0.2, -0.15) is 5.26 Å². The Morgan fingerprint density at radius 2 is 2.38 bits per heavy atom. The number of fused-ring (bicyclic) bond motifs is 1. The molecular formula is C11H11N3O2. The number of rotatable bonds is 2. The maximum atomic E-state index is 11.6. The fourth-order valence-electron chi connectivity index (χ4n) is 1.66. The summed E-state index contributed by atoms with van der Waals surface area (Å²) in [6, 6.07) is 1.82. The maximum absolute atomic E-state index is 11.6. The highest BCUT2D eigenvalue weighted by molar-refractivity contribution is 5.96. The molecule has 0 saturated heterocycles. The van der Waals surface area contributed by atoms with Crippen LogP contribution in [-0.4, -0.2) is 22.4 Å². The number of carbonyl (C=O) groups is 1. The quantitative estimate of drug-likeness (QED) is 0.696. The summed E-state index contributed by atoms with van der Waals surface area (Å²) in [6.07, 6.45) is 1.58. The van der Waals surface area contributed by atoms with Gasteiger partial charge in [-0.1, -0.05) is 0 Å². The molecule has 1 aromatic rings. The summed E-state index contributed by atoms with van der Waals surface area (Å²) in [5.74, 6) is 0.141. The van der Waals surface area contributed by atoms with Crippen LogP contribution < -0.4 is 4.74 Å². The summed E-state index contributed by atoms with van der Waals surface area (Å²) in [7, 11) is 0. The number of aryl methyl sites for hydroxylation is 2. The number of aromatic nitrogens is 2. The standard InChI is InChI=1S/C11H11N3O2/c1-7-10(9(15)4-5-12)14-11-8(13-7)3-2-6-16-11/h2-4,6H2,1H3. The predicted octanol–water partition coefficient (Wildman–Crippen LogP) is 1.21. The summed E-state index contributed by atoms with van der Waals surface area (Å²) >= 11 is 0. The van der Waals surface area contributed by atoms with Gasteiger partial charge in [-0.05, 0) is 19.8 Å². The number of nitrogens with zero attached hydrogens (tertiary/aromatic N) is 3. The number of carbonyl (C=O) groups excluding carboxylic acids is 1. The molecule has 1 aliphatic rings. The van der Waals surface area contributed by atoms with Crippen LogP contribution in [0, 0.1) is 18.3 Å². The van der Waals surface area contributed by atoms with Crippen molar-refractivity contribution in [3.8, 4) is 11.9 Å². The lowest BCUT2D eigenvalue weighted by atomic mass is 10.1. The van der Waals surface area contributed by atoms with Crippen LogP contribution in [0.4, 0.5) is 0 Å². The molecule has 0 fully saturated rings. The highest BCUT2D eigenvalue weighted by atomic mass is 16.5. The first-order valence-electron chi connectivity index (χ1n) is 5.13. The molecule has 82 valence electrons. The monoisotopic (exact) mass is 217 g/mol.